The fourth-order valence-electron chi connectivity index (χ4n) is 4.23. The molecule has 0 amide bonds. The first-order chi connectivity index (χ1) is 8.78. The molecule has 3 saturated heterocycles. The molecule has 2 atom stereocenters. The van der Waals surface area contributed by atoms with E-state index in [1.165, 1.54) is 58.3 Å². The Balaban J connectivity index is 1.56. The monoisotopic (exact) mass is 252 g/mol. The van der Waals surface area contributed by atoms with Crippen LogP contribution in [0.5, 0.6) is 0 Å². The van der Waals surface area contributed by atoms with Gasteiger partial charge in [-0.25, -0.2) is 0 Å². The molecule has 3 heteroatoms. The van der Waals surface area contributed by atoms with Crippen molar-refractivity contribution in [3.63, 3.8) is 0 Å². The van der Waals surface area contributed by atoms with Crippen LogP contribution in [0.2, 0.25) is 0 Å². The molecule has 0 spiro atoms. The van der Waals surface area contributed by atoms with E-state index in [0.29, 0.717) is 12.0 Å². The Bertz CT molecular complexity index is 268. The summed E-state index contributed by atoms with van der Waals surface area (Å²) in [5, 5.41) is 10.7. The highest BCUT2D eigenvalue weighted by atomic mass is 16.3. The summed E-state index contributed by atoms with van der Waals surface area (Å²) in [6.45, 7) is 8.19. The molecule has 1 aliphatic carbocycles. The van der Waals surface area contributed by atoms with Gasteiger partial charge >= 0.3 is 0 Å². The van der Waals surface area contributed by atoms with Crippen LogP contribution in [0.25, 0.3) is 0 Å². The second-order valence-corrected chi connectivity index (χ2v) is 6.58. The van der Waals surface area contributed by atoms with Crippen molar-refractivity contribution in [1.82, 2.24) is 9.80 Å². The van der Waals surface area contributed by atoms with E-state index in [-0.39, 0.29) is 6.10 Å². The van der Waals surface area contributed by atoms with E-state index in [1.54, 1.807) is 0 Å². The van der Waals surface area contributed by atoms with Gasteiger partial charge in [0.1, 0.15) is 0 Å². The Kier molecular flexibility index (Phi) is 3.92. The normalized spacial score (nSPS) is 46.0. The molecule has 0 aromatic heterocycles. The number of fused-ring (bicyclic) bond motifs is 3. The molecule has 0 aromatic carbocycles. The van der Waals surface area contributed by atoms with E-state index in [9.17, 15) is 5.11 Å². The lowest BCUT2D eigenvalue weighted by Gasteiger charge is -2.50. The lowest BCUT2D eigenvalue weighted by Crippen LogP contribution is -2.65. The molecule has 4 rings (SSSR count). The summed E-state index contributed by atoms with van der Waals surface area (Å²) in [5.41, 5.74) is 0. The van der Waals surface area contributed by atoms with Crippen molar-refractivity contribution in [1.29, 1.82) is 0 Å². The fraction of sp³-hybridized carbons (Fsp3) is 1.00. The molecule has 2 unspecified atom stereocenters. The van der Waals surface area contributed by atoms with Crippen LogP contribution in [0.4, 0.5) is 0 Å². The van der Waals surface area contributed by atoms with Crippen molar-refractivity contribution in [3.8, 4) is 0 Å². The van der Waals surface area contributed by atoms with Gasteiger partial charge in [-0.1, -0.05) is 26.2 Å². The highest BCUT2D eigenvalue weighted by Crippen LogP contribution is 2.35. The quantitative estimate of drug-likeness (QED) is 0.826. The zero-order valence-electron chi connectivity index (χ0n) is 11.7. The average molecular weight is 252 g/mol. The first kappa shape index (κ1) is 12.9. The maximum Gasteiger partial charge on any atom is 0.0735 e. The molecule has 0 radical (unpaired) electrons. The molecule has 104 valence electrons. The van der Waals surface area contributed by atoms with Crippen LogP contribution in [0.15, 0.2) is 0 Å². The lowest BCUT2D eigenvalue weighted by molar-refractivity contribution is -0.0718. The Morgan fingerprint density at radius 3 is 2.22 bits per heavy atom. The molecular weight excluding hydrogens is 224 g/mol. The Morgan fingerprint density at radius 1 is 1.06 bits per heavy atom. The van der Waals surface area contributed by atoms with Crippen LogP contribution in [-0.2, 0) is 0 Å². The van der Waals surface area contributed by atoms with Crippen molar-refractivity contribution in [2.45, 2.75) is 51.2 Å². The van der Waals surface area contributed by atoms with Crippen LogP contribution >= 0.6 is 0 Å². The first-order valence-electron chi connectivity index (χ1n) is 7.92. The second-order valence-electron chi connectivity index (χ2n) is 6.58. The van der Waals surface area contributed by atoms with Gasteiger partial charge in [0.2, 0.25) is 0 Å². The summed E-state index contributed by atoms with van der Waals surface area (Å²) in [6.07, 6.45) is 6.44. The molecule has 1 N–H and O–H groups in total. The zero-order chi connectivity index (χ0) is 12.5. The second kappa shape index (κ2) is 5.48. The van der Waals surface area contributed by atoms with Gasteiger partial charge in [-0.2, -0.15) is 0 Å². The Labute approximate surface area is 111 Å². The van der Waals surface area contributed by atoms with Gasteiger partial charge in [0, 0.05) is 38.8 Å². The average Bonchev–Trinajstić information content (AvgIpc) is 2.48. The van der Waals surface area contributed by atoms with Crippen LogP contribution in [0, 0.1) is 11.8 Å². The highest BCUT2D eigenvalue weighted by molar-refractivity contribution is 4.94. The van der Waals surface area contributed by atoms with Gasteiger partial charge in [-0.05, 0) is 24.7 Å². The maximum atomic E-state index is 10.7. The standard InChI is InChI=1S/C15H28N2O/c1-2-12-3-5-13(6-4-12)15(18)14-11-16-7-9-17(14)10-8-16/h12-15,18H,2-11H2,1H3. The number of piperazine rings is 3. The number of nitrogens with zero attached hydrogens (tertiary/aromatic N) is 2. The van der Waals surface area contributed by atoms with E-state index in [4.69, 9.17) is 0 Å². The number of aliphatic hydroxyl groups excluding tert-OH is 1. The molecule has 3 nitrogen and oxygen atoms in total. The molecule has 1 saturated carbocycles. The van der Waals surface area contributed by atoms with Crippen molar-refractivity contribution in [2.24, 2.45) is 11.8 Å². The molecule has 4 fully saturated rings. The van der Waals surface area contributed by atoms with Crippen molar-refractivity contribution < 1.29 is 5.11 Å². The van der Waals surface area contributed by atoms with Crippen LogP contribution in [0.1, 0.15) is 39.0 Å². The SMILES string of the molecule is CCC1CCC(C(O)C2CN3CCN2CC3)CC1. The third-order valence-corrected chi connectivity index (χ3v) is 5.67. The van der Waals surface area contributed by atoms with Gasteiger partial charge in [-0.3, -0.25) is 9.80 Å². The van der Waals surface area contributed by atoms with E-state index in [2.05, 4.69) is 16.7 Å². The predicted octanol–water partition coefficient (Wildman–Crippen LogP) is 1.56. The summed E-state index contributed by atoms with van der Waals surface area (Å²) >= 11 is 0. The van der Waals surface area contributed by atoms with Crippen molar-refractivity contribution >= 4 is 0 Å². The maximum absolute atomic E-state index is 10.7. The predicted molar refractivity (Wildman–Crippen MR) is 73.5 cm³/mol. The Hall–Kier alpha value is -0.120. The number of hydrogen-bond donors (Lipinski definition) is 1. The highest BCUT2D eigenvalue weighted by Gasteiger charge is 2.39. The van der Waals surface area contributed by atoms with Gasteiger partial charge in [0.25, 0.3) is 0 Å². The van der Waals surface area contributed by atoms with Crippen LogP contribution in [-0.4, -0.2) is 59.8 Å². The van der Waals surface area contributed by atoms with Gasteiger partial charge in [0.05, 0.1) is 6.10 Å². The van der Waals surface area contributed by atoms with Gasteiger partial charge in [-0.15, -0.1) is 0 Å². The van der Waals surface area contributed by atoms with E-state index >= 15 is 0 Å². The molecule has 3 heterocycles. The van der Waals surface area contributed by atoms with E-state index in [1.807, 2.05) is 0 Å². The summed E-state index contributed by atoms with van der Waals surface area (Å²) in [4.78, 5) is 5.07. The minimum atomic E-state index is -0.0779. The number of aliphatic hydroxyl groups is 1. The number of hydrogen-bond acceptors (Lipinski definition) is 3. The smallest absolute Gasteiger partial charge is 0.0735 e. The molecule has 18 heavy (non-hydrogen) atoms. The third kappa shape index (κ3) is 2.45. The van der Waals surface area contributed by atoms with Crippen molar-refractivity contribution in [3.05, 3.63) is 0 Å². The zero-order valence-corrected chi connectivity index (χ0v) is 11.7. The molecule has 4 aliphatic rings. The largest absolute Gasteiger partial charge is 0.391 e. The molecular formula is C15H28N2O. The third-order valence-electron chi connectivity index (χ3n) is 5.67. The summed E-state index contributed by atoms with van der Waals surface area (Å²) in [6, 6.07) is 0.427. The summed E-state index contributed by atoms with van der Waals surface area (Å²) in [5.74, 6) is 1.50. The van der Waals surface area contributed by atoms with Crippen LogP contribution in [0.3, 0.4) is 0 Å². The minimum absolute atomic E-state index is 0.0779. The minimum Gasteiger partial charge on any atom is -0.391 e. The van der Waals surface area contributed by atoms with E-state index in [0.717, 1.165) is 12.5 Å². The van der Waals surface area contributed by atoms with Gasteiger partial charge < -0.3 is 5.11 Å². The van der Waals surface area contributed by atoms with Gasteiger partial charge in [0.15, 0.2) is 0 Å². The molecule has 3 aliphatic heterocycles. The molecule has 2 bridgehead atoms. The van der Waals surface area contributed by atoms with Crippen LogP contribution < -0.4 is 0 Å². The summed E-state index contributed by atoms with van der Waals surface area (Å²) in [7, 11) is 0. The lowest BCUT2D eigenvalue weighted by atomic mass is 9.76. The fourth-order valence-corrected chi connectivity index (χ4v) is 4.23. The molecule has 0 aromatic rings. The van der Waals surface area contributed by atoms with Crippen molar-refractivity contribution in [2.75, 3.05) is 32.7 Å². The Morgan fingerprint density at radius 2 is 1.72 bits per heavy atom. The topological polar surface area (TPSA) is 26.7 Å². The first-order valence-corrected chi connectivity index (χ1v) is 7.92. The van der Waals surface area contributed by atoms with E-state index < -0.39 is 0 Å². The summed E-state index contributed by atoms with van der Waals surface area (Å²) < 4.78 is 0. The number of rotatable bonds is 3.